The SMILES string of the molecule is C[C@@H]1N(C(=O)CCc2nc(-c3ccncc3)no2)CCC[C@@]12CCCN(C)C2=O. The predicted octanol–water partition coefficient (Wildman–Crippen LogP) is 2.31. The van der Waals surface area contributed by atoms with E-state index in [0.717, 1.165) is 37.8 Å². The smallest absolute Gasteiger partial charge is 0.230 e. The van der Waals surface area contributed by atoms with Gasteiger partial charge in [0, 0.05) is 57.0 Å². The second-order valence-corrected chi connectivity index (χ2v) is 8.10. The molecule has 154 valence electrons. The molecule has 2 aliphatic rings. The van der Waals surface area contributed by atoms with Gasteiger partial charge in [-0.15, -0.1) is 0 Å². The minimum atomic E-state index is -0.431. The van der Waals surface area contributed by atoms with Crippen molar-refractivity contribution in [2.75, 3.05) is 20.1 Å². The maximum absolute atomic E-state index is 13.0. The van der Waals surface area contributed by atoms with Crippen LogP contribution in [-0.4, -0.2) is 62.9 Å². The lowest BCUT2D eigenvalue weighted by Gasteiger charge is -2.51. The molecular weight excluding hydrogens is 370 g/mol. The van der Waals surface area contributed by atoms with Crippen molar-refractivity contribution in [1.82, 2.24) is 24.9 Å². The number of likely N-dealkylation sites (tertiary alicyclic amines) is 2. The fourth-order valence-electron chi connectivity index (χ4n) is 4.78. The van der Waals surface area contributed by atoms with E-state index >= 15 is 0 Å². The number of hydrogen-bond acceptors (Lipinski definition) is 6. The van der Waals surface area contributed by atoms with Crippen molar-refractivity contribution in [3.63, 3.8) is 0 Å². The molecular formula is C21H27N5O3. The van der Waals surface area contributed by atoms with Crippen molar-refractivity contribution in [3.05, 3.63) is 30.4 Å². The number of carbonyl (C=O) groups excluding carboxylic acids is 2. The quantitative estimate of drug-likeness (QED) is 0.786. The Hall–Kier alpha value is -2.77. The van der Waals surface area contributed by atoms with Gasteiger partial charge >= 0.3 is 0 Å². The molecule has 2 aromatic rings. The zero-order valence-electron chi connectivity index (χ0n) is 17.0. The maximum Gasteiger partial charge on any atom is 0.230 e. The second-order valence-electron chi connectivity index (χ2n) is 8.10. The van der Waals surface area contributed by atoms with Gasteiger partial charge in [-0.1, -0.05) is 5.16 Å². The summed E-state index contributed by atoms with van der Waals surface area (Å²) in [4.78, 5) is 38.0. The molecule has 0 N–H and O–H groups in total. The van der Waals surface area contributed by atoms with Crippen molar-refractivity contribution in [3.8, 4) is 11.4 Å². The predicted molar refractivity (Wildman–Crippen MR) is 106 cm³/mol. The molecule has 0 bridgehead atoms. The van der Waals surface area contributed by atoms with Crippen LogP contribution in [0.4, 0.5) is 0 Å². The first-order valence-electron chi connectivity index (χ1n) is 10.3. The summed E-state index contributed by atoms with van der Waals surface area (Å²) in [5.41, 5.74) is 0.396. The first-order chi connectivity index (χ1) is 14.0. The Kier molecular flexibility index (Phi) is 5.34. The summed E-state index contributed by atoms with van der Waals surface area (Å²) in [6.45, 7) is 3.53. The summed E-state index contributed by atoms with van der Waals surface area (Å²) >= 11 is 0. The molecule has 2 fully saturated rings. The summed E-state index contributed by atoms with van der Waals surface area (Å²) < 4.78 is 5.31. The highest BCUT2D eigenvalue weighted by molar-refractivity contribution is 5.86. The molecule has 2 aliphatic heterocycles. The zero-order chi connectivity index (χ0) is 20.4. The molecule has 2 aromatic heterocycles. The van der Waals surface area contributed by atoms with Crippen LogP contribution in [0.5, 0.6) is 0 Å². The number of rotatable bonds is 4. The first kappa shape index (κ1) is 19.5. The van der Waals surface area contributed by atoms with Crippen LogP contribution in [0.1, 0.15) is 44.9 Å². The third-order valence-electron chi connectivity index (χ3n) is 6.46. The van der Waals surface area contributed by atoms with Gasteiger partial charge in [-0.3, -0.25) is 14.6 Å². The normalized spacial score (nSPS) is 24.9. The van der Waals surface area contributed by atoms with Crippen molar-refractivity contribution < 1.29 is 14.1 Å². The number of pyridine rings is 1. The topological polar surface area (TPSA) is 92.4 Å². The molecule has 1 spiro atoms. The van der Waals surface area contributed by atoms with Gasteiger partial charge in [-0.25, -0.2) is 0 Å². The van der Waals surface area contributed by atoms with Crippen molar-refractivity contribution >= 4 is 11.8 Å². The number of amides is 2. The van der Waals surface area contributed by atoms with Crippen molar-refractivity contribution in [2.45, 2.75) is 51.5 Å². The summed E-state index contributed by atoms with van der Waals surface area (Å²) in [6.07, 6.45) is 7.61. The van der Waals surface area contributed by atoms with Gasteiger partial charge in [0.05, 0.1) is 5.41 Å². The van der Waals surface area contributed by atoms with Crippen LogP contribution in [0.2, 0.25) is 0 Å². The van der Waals surface area contributed by atoms with Crippen LogP contribution in [0.15, 0.2) is 29.0 Å². The fourth-order valence-corrected chi connectivity index (χ4v) is 4.78. The fraction of sp³-hybridized carbons (Fsp3) is 0.571. The van der Waals surface area contributed by atoms with Gasteiger partial charge in [-0.05, 0) is 44.7 Å². The van der Waals surface area contributed by atoms with Crippen LogP contribution >= 0.6 is 0 Å². The largest absolute Gasteiger partial charge is 0.345 e. The number of nitrogens with zero attached hydrogens (tertiary/aromatic N) is 5. The van der Waals surface area contributed by atoms with E-state index in [4.69, 9.17) is 4.52 Å². The van der Waals surface area contributed by atoms with Crippen molar-refractivity contribution in [1.29, 1.82) is 0 Å². The minimum Gasteiger partial charge on any atom is -0.345 e. The Bertz CT molecular complexity index is 879. The molecule has 29 heavy (non-hydrogen) atoms. The van der Waals surface area contributed by atoms with E-state index in [2.05, 4.69) is 15.1 Å². The zero-order valence-corrected chi connectivity index (χ0v) is 17.0. The lowest BCUT2D eigenvalue weighted by atomic mass is 9.68. The second kappa shape index (κ2) is 7.93. The summed E-state index contributed by atoms with van der Waals surface area (Å²) in [6, 6.07) is 3.54. The minimum absolute atomic E-state index is 0.0428. The Balaban J connectivity index is 1.41. The van der Waals surface area contributed by atoms with Gasteiger partial charge in [0.2, 0.25) is 23.5 Å². The van der Waals surface area contributed by atoms with Gasteiger partial charge in [-0.2, -0.15) is 4.98 Å². The molecule has 0 aliphatic carbocycles. The highest BCUT2D eigenvalue weighted by atomic mass is 16.5. The molecule has 4 heterocycles. The first-order valence-corrected chi connectivity index (χ1v) is 10.3. The van der Waals surface area contributed by atoms with Gasteiger partial charge in [0.25, 0.3) is 0 Å². The average molecular weight is 397 g/mol. The van der Waals surface area contributed by atoms with Crippen LogP contribution < -0.4 is 0 Å². The Morgan fingerprint density at radius 1 is 1.24 bits per heavy atom. The molecule has 4 rings (SSSR count). The van der Waals surface area contributed by atoms with Crippen LogP contribution in [0.25, 0.3) is 11.4 Å². The van der Waals surface area contributed by atoms with Crippen molar-refractivity contribution in [2.24, 2.45) is 5.41 Å². The molecule has 2 atom stereocenters. The molecule has 8 heteroatoms. The third kappa shape index (κ3) is 3.63. The van der Waals surface area contributed by atoms with Gasteiger partial charge < -0.3 is 14.3 Å². The number of aryl methyl sites for hydroxylation is 1. The molecule has 2 amide bonds. The molecule has 0 radical (unpaired) electrons. The van der Waals surface area contributed by atoms with E-state index < -0.39 is 5.41 Å². The average Bonchev–Trinajstić information content (AvgIpc) is 3.22. The summed E-state index contributed by atoms with van der Waals surface area (Å²) in [5.74, 6) is 1.17. The molecule has 0 aromatic carbocycles. The lowest BCUT2D eigenvalue weighted by Crippen LogP contribution is -2.61. The molecule has 8 nitrogen and oxygen atoms in total. The molecule has 0 unspecified atom stereocenters. The number of aromatic nitrogens is 3. The maximum atomic E-state index is 13.0. The molecule has 2 saturated heterocycles. The lowest BCUT2D eigenvalue weighted by molar-refractivity contribution is -0.158. The molecule has 0 saturated carbocycles. The van der Waals surface area contributed by atoms with E-state index in [9.17, 15) is 9.59 Å². The van der Waals surface area contributed by atoms with E-state index in [1.54, 1.807) is 12.4 Å². The Labute approximate surface area is 170 Å². The number of piperidine rings is 2. The Morgan fingerprint density at radius 2 is 1.97 bits per heavy atom. The Morgan fingerprint density at radius 3 is 2.72 bits per heavy atom. The highest BCUT2D eigenvalue weighted by Gasteiger charge is 2.51. The van der Waals surface area contributed by atoms with E-state index in [1.165, 1.54) is 0 Å². The standard InChI is InChI=1S/C21H27N5O3/c1-15-21(9-3-13-25(2)20(21)28)10-4-14-26(15)18(27)6-5-17-23-19(24-29-17)16-7-11-22-12-8-16/h7-8,11-12,15H,3-6,9-10,13-14H2,1-2H3/t15-,21-/m0/s1. The van der Waals surface area contributed by atoms with Crippen LogP contribution in [0, 0.1) is 5.41 Å². The van der Waals surface area contributed by atoms with E-state index in [1.807, 2.05) is 35.9 Å². The number of carbonyl (C=O) groups is 2. The summed E-state index contributed by atoms with van der Waals surface area (Å²) in [5, 5.41) is 3.99. The van der Waals surface area contributed by atoms with E-state index in [-0.39, 0.29) is 17.9 Å². The van der Waals surface area contributed by atoms with Gasteiger partial charge in [0.15, 0.2) is 0 Å². The highest BCUT2D eigenvalue weighted by Crippen LogP contribution is 2.43. The third-order valence-corrected chi connectivity index (χ3v) is 6.46. The summed E-state index contributed by atoms with van der Waals surface area (Å²) in [7, 11) is 1.87. The van der Waals surface area contributed by atoms with E-state index in [0.29, 0.717) is 31.1 Å². The van der Waals surface area contributed by atoms with Gasteiger partial charge in [0.1, 0.15) is 0 Å². The van der Waals surface area contributed by atoms with Crippen LogP contribution in [-0.2, 0) is 16.0 Å². The monoisotopic (exact) mass is 397 g/mol. The van der Waals surface area contributed by atoms with Crippen LogP contribution in [0.3, 0.4) is 0 Å². The number of hydrogen-bond donors (Lipinski definition) is 0.